The zero-order valence-electron chi connectivity index (χ0n) is 8.80. The molecule has 1 N–H and O–H groups in total. The molecule has 1 saturated carbocycles. The Balaban J connectivity index is 1.41. The van der Waals surface area contributed by atoms with Gasteiger partial charge in [-0.1, -0.05) is 0 Å². The van der Waals surface area contributed by atoms with E-state index in [0.29, 0.717) is 0 Å². The minimum absolute atomic E-state index is 0.747. The van der Waals surface area contributed by atoms with Gasteiger partial charge in [-0.05, 0) is 24.2 Å². The highest BCUT2D eigenvalue weighted by Gasteiger charge is 2.48. The lowest BCUT2D eigenvalue weighted by molar-refractivity contribution is -0.0344. The summed E-state index contributed by atoms with van der Waals surface area (Å²) in [6.07, 6.45) is 2.94. The molecule has 1 spiro atoms. The predicted molar refractivity (Wildman–Crippen MR) is 55.3 cm³/mol. The average molecular weight is 196 g/mol. The van der Waals surface area contributed by atoms with Gasteiger partial charge in [-0.2, -0.15) is 0 Å². The molecule has 0 atom stereocenters. The average Bonchev–Trinajstić information content (AvgIpc) is 2.09. The van der Waals surface area contributed by atoms with Gasteiger partial charge in [-0.15, -0.1) is 0 Å². The Labute approximate surface area is 85.8 Å². The van der Waals surface area contributed by atoms with Crippen molar-refractivity contribution in [3.8, 4) is 0 Å². The van der Waals surface area contributed by atoms with Crippen molar-refractivity contribution in [2.24, 2.45) is 11.3 Å². The van der Waals surface area contributed by atoms with Crippen LogP contribution < -0.4 is 5.32 Å². The second-order valence-corrected chi connectivity index (χ2v) is 5.29. The van der Waals surface area contributed by atoms with Crippen LogP contribution in [0.1, 0.15) is 12.8 Å². The quantitative estimate of drug-likeness (QED) is 0.688. The minimum atomic E-state index is 0.747. The highest BCUT2D eigenvalue weighted by Crippen LogP contribution is 2.48. The minimum Gasteiger partial charge on any atom is -0.379 e. The van der Waals surface area contributed by atoms with Gasteiger partial charge in [0.2, 0.25) is 0 Å². The highest BCUT2D eigenvalue weighted by molar-refractivity contribution is 5.03. The molecule has 0 bridgehead atoms. The zero-order valence-corrected chi connectivity index (χ0v) is 8.80. The van der Waals surface area contributed by atoms with Crippen LogP contribution in [0.2, 0.25) is 0 Å². The molecule has 3 fully saturated rings. The molecular formula is C11H20N2O. The first-order valence-electron chi connectivity index (χ1n) is 5.87. The van der Waals surface area contributed by atoms with Crippen molar-refractivity contribution in [2.45, 2.75) is 12.8 Å². The van der Waals surface area contributed by atoms with Crippen LogP contribution >= 0.6 is 0 Å². The van der Waals surface area contributed by atoms with Gasteiger partial charge in [0, 0.05) is 32.7 Å². The van der Waals surface area contributed by atoms with Crippen LogP contribution in [0.3, 0.4) is 0 Å². The number of hydrogen-bond donors (Lipinski definition) is 1. The lowest BCUT2D eigenvalue weighted by Crippen LogP contribution is -2.61. The van der Waals surface area contributed by atoms with E-state index in [4.69, 9.17) is 4.74 Å². The van der Waals surface area contributed by atoms with Gasteiger partial charge in [-0.3, -0.25) is 4.90 Å². The fourth-order valence-corrected chi connectivity index (χ4v) is 3.21. The molecule has 0 radical (unpaired) electrons. The zero-order chi connectivity index (χ0) is 9.43. The molecular weight excluding hydrogens is 176 g/mol. The maximum atomic E-state index is 5.35. The van der Waals surface area contributed by atoms with Gasteiger partial charge in [0.1, 0.15) is 0 Å². The number of ether oxygens (including phenoxy) is 1. The number of rotatable bonds is 2. The predicted octanol–water partition coefficient (Wildman–Crippen LogP) is 0.318. The molecule has 3 nitrogen and oxygen atoms in total. The lowest BCUT2D eigenvalue weighted by atomic mass is 9.58. The summed E-state index contributed by atoms with van der Waals surface area (Å²) in [6, 6.07) is 0. The van der Waals surface area contributed by atoms with Gasteiger partial charge >= 0.3 is 0 Å². The van der Waals surface area contributed by atoms with Crippen molar-refractivity contribution in [3.05, 3.63) is 0 Å². The van der Waals surface area contributed by atoms with Crippen molar-refractivity contribution in [1.82, 2.24) is 10.2 Å². The summed E-state index contributed by atoms with van der Waals surface area (Å²) < 4.78 is 5.35. The molecule has 3 rings (SSSR count). The molecule has 14 heavy (non-hydrogen) atoms. The maximum Gasteiger partial charge on any atom is 0.0594 e. The molecule has 3 aliphatic rings. The van der Waals surface area contributed by atoms with Gasteiger partial charge < -0.3 is 10.1 Å². The van der Waals surface area contributed by atoms with Crippen molar-refractivity contribution < 1.29 is 4.74 Å². The van der Waals surface area contributed by atoms with E-state index in [9.17, 15) is 0 Å². The Morgan fingerprint density at radius 3 is 2.50 bits per heavy atom. The normalized spacial score (nSPS) is 32.6. The molecule has 1 aliphatic carbocycles. The van der Waals surface area contributed by atoms with E-state index < -0.39 is 0 Å². The van der Waals surface area contributed by atoms with Crippen molar-refractivity contribution in [3.63, 3.8) is 0 Å². The van der Waals surface area contributed by atoms with E-state index in [-0.39, 0.29) is 0 Å². The maximum absolute atomic E-state index is 5.35. The second-order valence-electron chi connectivity index (χ2n) is 5.29. The standard InChI is InChI=1S/C11H20N2O/c1-3-14-4-2-13(1)7-10-5-11(6-10)8-12-9-11/h10,12H,1-9H2. The first kappa shape index (κ1) is 9.13. The Morgan fingerprint density at radius 2 is 1.93 bits per heavy atom. The monoisotopic (exact) mass is 196 g/mol. The summed E-state index contributed by atoms with van der Waals surface area (Å²) in [4.78, 5) is 2.58. The number of nitrogens with zero attached hydrogens (tertiary/aromatic N) is 1. The van der Waals surface area contributed by atoms with E-state index in [1.165, 1.54) is 32.5 Å². The molecule has 0 aromatic rings. The van der Waals surface area contributed by atoms with Crippen LogP contribution in [0.4, 0.5) is 0 Å². The SMILES string of the molecule is C1CN(CC2CC3(CNC3)C2)CCO1. The van der Waals surface area contributed by atoms with Crippen LogP contribution in [0, 0.1) is 11.3 Å². The Hall–Kier alpha value is -0.120. The van der Waals surface area contributed by atoms with Crippen molar-refractivity contribution in [1.29, 1.82) is 0 Å². The molecule has 0 unspecified atom stereocenters. The van der Waals surface area contributed by atoms with Gasteiger partial charge in [0.05, 0.1) is 13.2 Å². The van der Waals surface area contributed by atoms with E-state index in [0.717, 1.165) is 37.6 Å². The van der Waals surface area contributed by atoms with Crippen LogP contribution in [-0.2, 0) is 4.74 Å². The van der Waals surface area contributed by atoms with Crippen molar-refractivity contribution >= 4 is 0 Å². The summed E-state index contributed by atoms with van der Waals surface area (Å²) in [5.41, 5.74) is 0.747. The fourth-order valence-electron chi connectivity index (χ4n) is 3.21. The molecule has 0 aromatic heterocycles. The van der Waals surface area contributed by atoms with Crippen LogP contribution in [0.5, 0.6) is 0 Å². The summed E-state index contributed by atoms with van der Waals surface area (Å²) >= 11 is 0. The summed E-state index contributed by atoms with van der Waals surface area (Å²) in [6.45, 7) is 8.09. The molecule has 2 aliphatic heterocycles. The number of hydrogen-bond acceptors (Lipinski definition) is 3. The van der Waals surface area contributed by atoms with E-state index >= 15 is 0 Å². The summed E-state index contributed by atoms with van der Waals surface area (Å²) in [5.74, 6) is 0.982. The fraction of sp³-hybridized carbons (Fsp3) is 1.00. The van der Waals surface area contributed by atoms with Crippen LogP contribution in [0.15, 0.2) is 0 Å². The molecule has 3 heteroatoms. The Morgan fingerprint density at radius 1 is 1.21 bits per heavy atom. The van der Waals surface area contributed by atoms with Crippen LogP contribution in [0.25, 0.3) is 0 Å². The molecule has 0 amide bonds. The van der Waals surface area contributed by atoms with Crippen LogP contribution in [-0.4, -0.2) is 50.8 Å². The topological polar surface area (TPSA) is 24.5 Å². The Bertz CT molecular complexity index is 201. The highest BCUT2D eigenvalue weighted by atomic mass is 16.5. The molecule has 2 heterocycles. The third kappa shape index (κ3) is 1.58. The third-order valence-corrected chi connectivity index (χ3v) is 4.06. The largest absolute Gasteiger partial charge is 0.379 e. The number of morpholine rings is 1. The van der Waals surface area contributed by atoms with E-state index in [2.05, 4.69) is 10.2 Å². The molecule has 0 aromatic carbocycles. The molecule has 2 saturated heterocycles. The first-order chi connectivity index (χ1) is 6.86. The first-order valence-corrected chi connectivity index (χ1v) is 5.87. The third-order valence-electron chi connectivity index (χ3n) is 4.06. The smallest absolute Gasteiger partial charge is 0.0594 e. The number of nitrogens with one attached hydrogen (secondary N) is 1. The Kier molecular flexibility index (Phi) is 2.26. The second kappa shape index (κ2) is 3.47. The lowest BCUT2D eigenvalue weighted by Gasteiger charge is -2.55. The van der Waals surface area contributed by atoms with E-state index in [1.807, 2.05) is 0 Å². The molecule has 80 valence electrons. The van der Waals surface area contributed by atoms with Crippen molar-refractivity contribution in [2.75, 3.05) is 45.9 Å². The van der Waals surface area contributed by atoms with E-state index in [1.54, 1.807) is 0 Å². The summed E-state index contributed by atoms with van der Waals surface area (Å²) in [5, 5.41) is 3.39. The van der Waals surface area contributed by atoms with Gasteiger partial charge in [0.25, 0.3) is 0 Å². The van der Waals surface area contributed by atoms with Gasteiger partial charge in [-0.25, -0.2) is 0 Å². The van der Waals surface area contributed by atoms with Gasteiger partial charge in [0.15, 0.2) is 0 Å². The summed E-state index contributed by atoms with van der Waals surface area (Å²) in [7, 11) is 0.